The summed E-state index contributed by atoms with van der Waals surface area (Å²) in [7, 11) is 1.96. The van der Waals surface area contributed by atoms with E-state index in [2.05, 4.69) is 42.6 Å². The number of hydrogen-bond donors (Lipinski definition) is 1. The van der Waals surface area contributed by atoms with Gasteiger partial charge in [-0.05, 0) is 54.4 Å². The van der Waals surface area contributed by atoms with Crippen LogP contribution in [0.2, 0.25) is 0 Å². The van der Waals surface area contributed by atoms with E-state index in [-0.39, 0.29) is 0 Å². The summed E-state index contributed by atoms with van der Waals surface area (Å²) in [4.78, 5) is 0. The number of benzene rings is 2. The van der Waals surface area contributed by atoms with E-state index < -0.39 is 0 Å². The zero-order valence-electron chi connectivity index (χ0n) is 11.9. The second-order valence-corrected chi connectivity index (χ2v) is 5.04. The molecule has 3 nitrogen and oxygen atoms in total. The van der Waals surface area contributed by atoms with Gasteiger partial charge < -0.3 is 14.8 Å². The normalized spacial score (nSPS) is 13.3. The van der Waals surface area contributed by atoms with Crippen LogP contribution in [0, 0.1) is 6.92 Å². The SMILES string of the molecule is CNCc1ccc(C)c(-c2ccc3c(c2)OCCO3)c1. The van der Waals surface area contributed by atoms with Gasteiger partial charge in [-0.1, -0.05) is 18.2 Å². The van der Waals surface area contributed by atoms with E-state index in [0.29, 0.717) is 13.2 Å². The number of hydrogen-bond acceptors (Lipinski definition) is 3. The van der Waals surface area contributed by atoms with Crippen molar-refractivity contribution in [3.05, 3.63) is 47.5 Å². The lowest BCUT2D eigenvalue weighted by atomic mass is 9.97. The summed E-state index contributed by atoms with van der Waals surface area (Å²) in [5.74, 6) is 1.68. The van der Waals surface area contributed by atoms with Crippen molar-refractivity contribution in [3.8, 4) is 22.6 Å². The Balaban J connectivity index is 2.01. The molecule has 20 heavy (non-hydrogen) atoms. The van der Waals surface area contributed by atoms with Gasteiger partial charge >= 0.3 is 0 Å². The van der Waals surface area contributed by atoms with Crippen molar-refractivity contribution in [1.82, 2.24) is 5.32 Å². The molecule has 1 aliphatic heterocycles. The first kappa shape index (κ1) is 13.0. The number of rotatable bonds is 3. The van der Waals surface area contributed by atoms with E-state index in [9.17, 15) is 0 Å². The third-order valence-electron chi connectivity index (χ3n) is 3.54. The molecule has 0 unspecified atom stereocenters. The molecule has 3 rings (SSSR count). The zero-order valence-corrected chi connectivity index (χ0v) is 11.9. The fourth-order valence-electron chi connectivity index (χ4n) is 2.51. The molecule has 1 N–H and O–H groups in total. The van der Waals surface area contributed by atoms with Crippen molar-refractivity contribution in [3.63, 3.8) is 0 Å². The maximum absolute atomic E-state index is 5.67. The van der Waals surface area contributed by atoms with Crippen molar-refractivity contribution in [2.75, 3.05) is 20.3 Å². The number of ether oxygens (including phenoxy) is 2. The fourth-order valence-corrected chi connectivity index (χ4v) is 2.51. The van der Waals surface area contributed by atoms with Crippen molar-refractivity contribution >= 4 is 0 Å². The highest BCUT2D eigenvalue weighted by Gasteiger charge is 2.13. The lowest BCUT2D eigenvalue weighted by Gasteiger charge is -2.19. The standard InChI is InChI=1S/C17H19NO2/c1-12-3-4-13(11-18-2)9-15(12)14-5-6-16-17(10-14)20-8-7-19-16/h3-6,9-10,18H,7-8,11H2,1-2H3. The molecule has 1 heterocycles. The smallest absolute Gasteiger partial charge is 0.161 e. The first-order valence-corrected chi connectivity index (χ1v) is 6.92. The topological polar surface area (TPSA) is 30.5 Å². The lowest BCUT2D eigenvalue weighted by Crippen LogP contribution is -2.15. The number of fused-ring (bicyclic) bond motifs is 1. The predicted molar refractivity (Wildman–Crippen MR) is 80.4 cm³/mol. The van der Waals surface area contributed by atoms with E-state index in [4.69, 9.17) is 9.47 Å². The van der Waals surface area contributed by atoms with Gasteiger partial charge in [-0.3, -0.25) is 0 Å². The maximum Gasteiger partial charge on any atom is 0.161 e. The van der Waals surface area contributed by atoms with Crippen LogP contribution in [0.1, 0.15) is 11.1 Å². The Morgan fingerprint density at radius 1 is 1.00 bits per heavy atom. The third kappa shape index (κ3) is 2.49. The van der Waals surface area contributed by atoms with Gasteiger partial charge in [0.05, 0.1) is 0 Å². The highest BCUT2D eigenvalue weighted by molar-refractivity contribution is 5.71. The Labute approximate surface area is 119 Å². The quantitative estimate of drug-likeness (QED) is 0.928. The summed E-state index contributed by atoms with van der Waals surface area (Å²) in [5, 5.41) is 3.19. The summed E-state index contributed by atoms with van der Waals surface area (Å²) in [6.45, 7) is 4.26. The average Bonchev–Trinajstić information content (AvgIpc) is 2.49. The highest BCUT2D eigenvalue weighted by atomic mass is 16.6. The Bertz CT molecular complexity index is 622. The van der Waals surface area contributed by atoms with Gasteiger partial charge in [0, 0.05) is 6.54 Å². The third-order valence-corrected chi connectivity index (χ3v) is 3.54. The Morgan fingerprint density at radius 2 is 1.80 bits per heavy atom. The molecule has 0 saturated heterocycles. The summed E-state index contributed by atoms with van der Waals surface area (Å²) < 4.78 is 11.2. The second kappa shape index (κ2) is 5.55. The van der Waals surface area contributed by atoms with Crippen LogP contribution in [0.5, 0.6) is 11.5 Å². The van der Waals surface area contributed by atoms with Gasteiger partial charge in [0.15, 0.2) is 11.5 Å². The minimum Gasteiger partial charge on any atom is -0.486 e. The van der Waals surface area contributed by atoms with E-state index in [0.717, 1.165) is 18.0 Å². The molecule has 3 heteroatoms. The van der Waals surface area contributed by atoms with E-state index in [1.807, 2.05) is 13.1 Å². The van der Waals surface area contributed by atoms with E-state index in [1.54, 1.807) is 0 Å². The molecule has 0 fully saturated rings. The van der Waals surface area contributed by atoms with Crippen LogP contribution in [-0.2, 0) is 6.54 Å². The van der Waals surface area contributed by atoms with Crippen LogP contribution >= 0.6 is 0 Å². The summed E-state index contributed by atoms with van der Waals surface area (Å²) in [6, 6.07) is 12.7. The van der Waals surface area contributed by atoms with E-state index in [1.165, 1.54) is 22.3 Å². The average molecular weight is 269 g/mol. The van der Waals surface area contributed by atoms with Crippen LogP contribution < -0.4 is 14.8 Å². The van der Waals surface area contributed by atoms with Gasteiger partial charge in [0.1, 0.15) is 13.2 Å². The highest BCUT2D eigenvalue weighted by Crippen LogP contribution is 2.35. The maximum atomic E-state index is 5.67. The van der Waals surface area contributed by atoms with Crippen molar-refractivity contribution in [2.24, 2.45) is 0 Å². The summed E-state index contributed by atoms with van der Waals surface area (Å²) in [6.07, 6.45) is 0. The van der Waals surface area contributed by atoms with E-state index >= 15 is 0 Å². The van der Waals surface area contributed by atoms with Gasteiger partial charge in [-0.2, -0.15) is 0 Å². The van der Waals surface area contributed by atoms with Gasteiger partial charge in [0.25, 0.3) is 0 Å². The minimum absolute atomic E-state index is 0.620. The fraction of sp³-hybridized carbons (Fsp3) is 0.294. The molecule has 0 atom stereocenters. The molecule has 0 bridgehead atoms. The molecule has 0 saturated carbocycles. The molecule has 1 aliphatic rings. The number of aryl methyl sites for hydroxylation is 1. The van der Waals surface area contributed by atoms with Gasteiger partial charge in [-0.25, -0.2) is 0 Å². The zero-order chi connectivity index (χ0) is 13.9. The molecule has 2 aromatic carbocycles. The van der Waals surface area contributed by atoms with Crippen molar-refractivity contribution in [1.29, 1.82) is 0 Å². The molecule has 0 spiro atoms. The first-order chi connectivity index (χ1) is 9.78. The van der Waals surface area contributed by atoms with Gasteiger partial charge in [-0.15, -0.1) is 0 Å². The monoisotopic (exact) mass is 269 g/mol. The second-order valence-electron chi connectivity index (χ2n) is 5.04. The molecular weight excluding hydrogens is 250 g/mol. The Kier molecular flexibility index (Phi) is 3.61. The van der Waals surface area contributed by atoms with Crippen LogP contribution in [0.4, 0.5) is 0 Å². The summed E-state index contributed by atoms with van der Waals surface area (Å²) in [5.41, 5.74) is 4.96. The van der Waals surface area contributed by atoms with Crippen molar-refractivity contribution < 1.29 is 9.47 Å². The largest absolute Gasteiger partial charge is 0.486 e. The molecular formula is C17H19NO2. The lowest BCUT2D eigenvalue weighted by molar-refractivity contribution is 0.171. The van der Waals surface area contributed by atoms with Crippen LogP contribution in [0.3, 0.4) is 0 Å². The molecule has 0 aromatic heterocycles. The van der Waals surface area contributed by atoms with Crippen LogP contribution in [0.25, 0.3) is 11.1 Å². The molecule has 0 amide bonds. The van der Waals surface area contributed by atoms with Crippen LogP contribution in [-0.4, -0.2) is 20.3 Å². The number of nitrogens with one attached hydrogen (secondary N) is 1. The molecule has 104 valence electrons. The first-order valence-electron chi connectivity index (χ1n) is 6.92. The molecule has 0 aliphatic carbocycles. The Morgan fingerprint density at radius 3 is 2.60 bits per heavy atom. The molecule has 2 aromatic rings. The van der Waals surface area contributed by atoms with Gasteiger partial charge in [0.2, 0.25) is 0 Å². The summed E-state index contributed by atoms with van der Waals surface area (Å²) >= 11 is 0. The predicted octanol–water partition coefficient (Wildman–Crippen LogP) is 3.15. The van der Waals surface area contributed by atoms with Crippen LogP contribution in [0.15, 0.2) is 36.4 Å². The minimum atomic E-state index is 0.620. The van der Waals surface area contributed by atoms with Crippen molar-refractivity contribution in [2.45, 2.75) is 13.5 Å². The molecule has 0 radical (unpaired) electrons. The Hall–Kier alpha value is -2.00.